The third-order valence-electron chi connectivity index (χ3n) is 2.74. The van der Waals surface area contributed by atoms with E-state index in [1.807, 2.05) is 0 Å². The van der Waals surface area contributed by atoms with E-state index in [-0.39, 0.29) is 5.44 Å². The van der Waals surface area contributed by atoms with Gasteiger partial charge in [0.15, 0.2) is 0 Å². The van der Waals surface area contributed by atoms with Crippen molar-refractivity contribution < 1.29 is 9.47 Å². The molecule has 2 rings (SSSR count). The first-order valence-corrected chi connectivity index (χ1v) is 4.70. The summed E-state index contributed by atoms with van der Waals surface area (Å²) in [6, 6.07) is 0. The fourth-order valence-electron chi connectivity index (χ4n) is 1.91. The van der Waals surface area contributed by atoms with Crippen molar-refractivity contribution in [2.45, 2.75) is 24.7 Å². The molecule has 0 radical (unpaired) electrons. The van der Waals surface area contributed by atoms with Crippen LogP contribution in [-0.4, -0.2) is 25.3 Å². The number of ether oxygens (including phenoxy) is 2. The molecule has 2 heterocycles. The average molecular weight is 174 g/mol. The van der Waals surface area contributed by atoms with E-state index in [4.69, 9.17) is 9.47 Å². The van der Waals surface area contributed by atoms with Crippen molar-refractivity contribution in [1.82, 2.24) is 0 Å². The Bertz CT molecular complexity index is 138. The molecule has 11 heavy (non-hydrogen) atoms. The highest BCUT2D eigenvalue weighted by molar-refractivity contribution is 7.80. The lowest BCUT2D eigenvalue weighted by Gasteiger charge is -2.31. The van der Waals surface area contributed by atoms with Crippen molar-refractivity contribution in [3.05, 3.63) is 0 Å². The molecule has 0 aliphatic carbocycles. The van der Waals surface area contributed by atoms with Gasteiger partial charge in [0.25, 0.3) is 0 Å². The fraction of sp³-hybridized carbons (Fsp3) is 1.00. The molecule has 2 nitrogen and oxygen atoms in total. The fourth-order valence-corrected chi connectivity index (χ4v) is 2.38. The highest BCUT2D eigenvalue weighted by Crippen LogP contribution is 2.42. The standard InChI is InChI=1S/C8H14O2S/c11-7-5-8(6-10-7)1-3-9-4-2-8/h7,11H,1-6H2. The van der Waals surface area contributed by atoms with Gasteiger partial charge in [0.05, 0.1) is 6.61 Å². The monoisotopic (exact) mass is 174 g/mol. The van der Waals surface area contributed by atoms with Gasteiger partial charge in [-0.3, -0.25) is 0 Å². The van der Waals surface area contributed by atoms with Crippen molar-refractivity contribution in [1.29, 1.82) is 0 Å². The summed E-state index contributed by atoms with van der Waals surface area (Å²) in [6.07, 6.45) is 3.42. The van der Waals surface area contributed by atoms with Crippen LogP contribution in [0.2, 0.25) is 0 Å². The second kappa shape index (κ2) is 2.96. The Hall–Kier alpha value is 0.270. The molecule has 3 heteroatoms. The maximum Gasteiger partial charge on any atom is 0.101 e. The predicted octanol–water partition coefficient (Wildman–Crippen LogP) is 1.46. The Morgan fingerprint density at radius 3 is 2.55 bits per heavy atom. The summed E-state index contributed by atoms with van der Waals surface area (Å²) in [5.41, 5.74) is 0.595. The van der Waals surface area contributed by atoms with Crippen LogP contribution in [0, 0.1) is 5.41 Å². The molecule has 1 unspecified atom stereocenters. The first-order chi connectivity index (χ1) is 5.31. The quantitative estimate of drug-likeness (QED) is 0.560. The van der Waals surface area contributed by atoms with Crippen molar-refractivity contribution in [2.24, 2.45) is 5.41 Å². The second-order valence-corrected chi connectivity index (χ2v) is 4.16. The van der Waals surface area contributed by atoms with Gasteiger partial charge in [-0.05, 0) is 19.3 Å². The van der Waals surface area contributed by atoms with Gasteiger partial charge in [-0.2, -0.15) is 0 Å². The zero-order chi connectivity index (χ0) is 7.73. The molecule has 0 aromatic heterocycles. The average Bonchev–Trinajstić information content (AvgIpc) is 2.34. The van der Waals surface area contributed by atoms with E-state index < -0.39 is 0 Å². The third-order valence-corrected chi connectivity index (χ3v) is 3.07. The predicted molar refractivity (Wildman–Crippen MR) is 45.8 cm³/mol. The van der Waals surface area contributed by atoms with E-state index in [1.54, 1.807) is 0 Å². The van der Waals surface area contributed by atoms with Crippen LogP contribution < -0.4 is 0 Å². The molecule has 0 bridgehead atoms. The second-order valence-electron chi connectivity index (χ2n) is 3.58. The van der Waals surface area contributed by atoms with Crippen LogP contribution in [0.1, 0.15) is 19.3 Å². The molecule has 0 aromatic rings. The minimum absolute atomic E-state index is 0.174. The van der Waals surface area contributed by atoms with Crippen LogP contribution in [0.4, 0.5) is 0 Å². The normalized spacial score (nSPS) is 36.3. The van der Waals surface area contributed by atoms with E-state index in [2.05, 4.69) is 12.6 Å². The topological polar surface area (TPSA) is 18.5 Å². The lowest BCUT2D eigenvalue weighted by Crippen LogP contribution is -2.29. The molecule has 1 spiro atoms. The summed E-state index contributed by atoms with van der Waals surface area (Å²) in [5.74, 6) is 0. The van der Waals surface area contributed by atoms with Gasteiger partial charge in [0, 0.05) is 18.6 Å². The molecule has 64 valence electrons. The molecule has 0 N–H and O–H groups in total. The van der Waals surface area contributed by atoms with Crippen LogP contribution in [0.15, 0.2) is 0 Å². The van der Waals surface area contributed by atoms with Gasteiger partial charge >= 0.3 is 0 Å². The van der Waals surface area contributed by atoms with Crippen molar-refractivity contribution >= 4 is 12.6 Å². The number of rotatable bonds is 0. The van der Waals surface area contributed by atoms with Crippen molar-refractivity contribution in [3.63, 3.8) is 0 Å². The molecule has 0 aromatic carbocycles. The molecule has 2 saturated heterocycles. The number of hydrogen-bond acceptors (Lipinski definition) is 3. The van der Waals surface area contributed by atoms with E-state index >= 15 is 0 Å². The van der Waals surface area contributed by atoms with Crippen LogP contribution >= 0.6 is 12.6 Å². The zero-order valence-electron chi connectivity index (χ0n) is 6.58. The van der Waals surface area contributed by atoms with Crippen LogP contribution in [0.3, 0.4) is 0 Å². The van der Waals surface area contributed by atoms with Crippen molar-refractivity contribution in [3.8, 4) is 0 Å². The Labute approximate surface area is 72.7 Å². The molecular formula is C8H14O2S. The molecule has 2 aliphatic rings. The Balaban J connectivity index is 1.98. The van der Waals surface area contributed by atoms with Crippen LogP contribution in [0.25, 0.3) is 0 Å². The van der Waals surface area contributed by atoms with Crippen molar-refractivity contribution in [2.75, 3.05) is 19.8 Å². The maximum absolute atomic E-state index is 5.45. The van der Waals surface area contributed by atoms with Crippen LogP contribution in [0.5, 0.6) is 0 Å². The third kappa shape index (κ3) is 1.55. The molecule has 1 atom stereocenters. The summed E-state index contributed by atoms with van der Waals surface area (Å²) in [5, 5.41) is 0. The maximum atomic E-state index is 5.45. The van der Waals surface area contributed by atoms with Crippen LogP contribution in [-0.2, 0) is 9.47 Å². The van der Waals surface area contributed by atoms with Gasteiger partial charge in [0.2, 0.25) is 0 Å². The lowest BCUT2D eigenvalue weighted by molar-refractivity contribution is 0.00861. The molecular weight excluding hydrogens is 160 g/mol. The van der Waals surface area contributed by atoms with E-state index in [0.717, 1.165) is 39.1 Å². The lowest BCUT2D eigenvalue weighted by atomic mass is 9.80. The van der Waals surface area contributed by atoms with Gasteiger partial charge in [-0.15, -0.1) is 12.6 Å². The summed E-state index contributed by atoms with van der Waals surface area (Å²) in [6.45, 7) is 2.71. The Morgan fingerprint density at radius 1 is 1.27 bits per heavy atom. The number of thiol groups is 1. The highest BCUT2D eigenvalue weighted by Gasteiger charge is 2.39. The van der Waals surface area contributed by atoms with E-state index in [0.29, 0.717) is 5.41 Å². The van der Waals surface area contributed by atoms with Gasteiger partial charge in [0.1, 0.15) is 5.44 Å². The Morgan fingerprint density at radius 2 is 2.00 bits per heavy atom. The van der Waals surface area contributed by atoms with E-state index in [9.17, 15) is 0 Å². The number of hydrogen-bond donors (Lipinski definition) is 1. The summed E-state index contributed by atoms with van der Waals surface area (Å²) in [7, 11) is 0. The smallest absolute Gasteiger partial charge is 0.101 e. The minimum Gasteiger partial charge on any atom is -0.381 e. The Kier molecular flexibility index (Phi) is 2.12. The molecule has 2 aliphatic heterocycles. The van der Waals surface area contributed by atoms with Gasteiger partial charge in [-0.25, -0.2) is 0 Å². The highest BCUT2D eigenvalue weighted by atomic mass is 32.1. The van der Waals surface area contributed by atoms with Gasteiger partial charge in [-0.1, -0.05) is 0 Å². The summed E-state index contributed by atoms with van der Waals surface area (Å²) < 4.78 is 10.8. The zero-order valence-corrected chi connectivity index (χ0v) is 7.48. The SMILES string of the molecule is SC1CC2(CCOCC2)CO1. The first-order valence-electron chi connectivity index (χ1n) is 4.18. The first kappa shape index (κ1) is 7.90. The summed E-state index contributed by atoms with van der Waals surface area (Å²) in [4.78, 5) is 0. The largest absolute Gasteiger partial charge is 0.381 e. The van der Waals surface area contributed by atoms with E-state index in [1.165, 1.54) is 0 Å². The minimum atomic E-state index is 0.174. The summed E-state index contributed by atoms with van der Waals surface area (Å²) >= 11 is 4.31. The molecule has 2 fully saturated rings. The van der Waals surface area contributed by atoms with Gasteiger partial charge < -0.3 is 9.47 Å². The molecule has 0 saturated carbocycles. The molecule has 0 amide bonds.